The highest BCUT2D eigenvalue weighted by Gasteiger charge is 2.30. The average Bonchev–Trinajstić information content (AvgIpc) is 2.96. The summed E-state index contributed by atoms with van der Waals surface area (Å²) in [6, 6.07) is 13.6. The number of benzene rings is 1. The first-order valence-electron chi connectivity index (χ1n) is 8.85. The summed E-state index contributed by atoms with van der Waals surface area (Å²) < 4.78 is 39.7. The van der Waals surface area contributed by atoms with E-state index in [1.807, 2.05) is 44.2 Å². The van der Waals surface area contributed by atoms with Crippen LogP contribution in [-0.4, -0.2) is 21.2 Å². The lowest BCUT2D eigenvalue weighted by molar-refractivity contribution is -0.137. The van der Waals surface area contributed by atoms with Crippen LogP contribution in [0.4, 0.5) is 19.0 Å². The second-order valence-corrected chi connectivity index (χ2v) is 7.43. The Bertz CT molecular complexity index is 1100. The van der Waals surface area contributed by atoms with Crippen LogP contribution in [-0.2, 0) is 11.0 Å². The van der Waals surface area contributed by atoms with Gasteiger partial charge in [-0.15, -0.1) is 0 Å². The number of carbonyl (C=O) groups is 1. The molecule has 154 valence electrons. The van der Waals surface area contributed by atoms with E-state index < -0.39 is 17.6 Å². The minimum absolute atomic E-state index is 0.0682. The molecule has 3 aromatic rings. The predicted molar refractivity (Wildman–Crippen MR) is 109 cm³/mol. The van der Waals surface area contributed by atoms with Gasteiger partial charge in [0, 0.05) is 17.6 Å². The Kier molecular flexibility index (Phi) is 6.17. The van der Waals surface area contributed by atoms with Crippen LogP contribution < -0.4 is 5.32 Å². The van der Waals surface area contributed by atoms with Crippen LogP contribution in [0.3, 0.4) is 0 Å². The topological polar surface area (TPSA) is 70.7 Å². The maximum atomic E-state index is 12.6. The number of hydrogen-bond donors (Lipinski definition) is 1. The second kappa shape index (κ2) is 8.63. The van der Waals surface area contributed by atoms with E-state index >= 15 is 0 Å². The molecule has 0 spiro atoms. The maximum absolute atomic E-state index is 12.6. The Balaban J connectivity index is 1.79. The SMILES string of the molecule is Cc1c(C#N)c(NC(=O)CSc2ccc(C(F)(F)F)cn2)n(-c2ccccc2)c1C. The summed E-state index contributed by atoms with van der Waals surface area (Å²) >= 11 is 1.01. The number of aromatic nitrogens is 2. The number of carbonyl (C=O) groups excluding carboxylic acids is 1. The van der Waals surface area contributed by atoms with E-state index in [9.17, 15) is 23.2 Å². The molecule has 0 aliphatic rings. The van der Waals surface area contributed by atoms with Gasteiger partial charge in [-0.25, -0.2) is 4.98 Å². The van der Waals surface area contributed by atoms with Crippen molar-refractivity contribution in [3.8, 4) is 11.8 Å². The summed E-state index contributed by atoms with van der Waals surface area (Å²) in [7, 11) is 0. The van der Waals surface area contributed by atoms with Crippen molar-refractivity contribution in [2.24, 2.45) is 0 Å². The summed E-state index contributed by atoms with van der Waals surface area (Å²) in [5.41, 5.74) is 1.90. The number of para-hydroxylation sites is 1. The summed E-state index contributed by atoms with van der Waals surface area (Å²) in [4.78, 5) is 16.3. The Hall–Kier alpha value is -3.25. The van der Waals surface area contributed by atoms with E-state index in [4.69, 9.17) is 0 Å². The van der Waals surface area contributed by atoms with Gasteiger partial charge in [0.2, 0.25) is 5.91 Å². The predicted octanol–water partition coefficient (Wildman–Crippen LogP) is 5.11. The molecule has 5 nitrogen and oxygen atoms in total. The van der Waals surface area contributed by atoms with Crippen molar-refractivity contribution in [1.29, 1.82) is 5.26 Å². The summed E-state index contributed by atoms with van der Waals surface area (Å²) in [5.74, 6) is -0.0982. The first-order chi connectivity index (χ1) is 14.2. The van der Waals surface area contributed by atoms with Crippen LogP contribution in [0.5, 0.6) is 0 Å². The first-order valence-corrected chi connectivity index (χ1v) is 9.84. The molecule has 1 N–H and O–H groups in total. The van der Waals surface area contributed by atoms with Gasteiger partial charge in [0.05, 0.1) is 21.9 Å². The summed E-state index contributed by atoms with van der Waals surface area (Å²) in [6.45, 7) is 3.67. The molecular formula is C21H17F3N4OS. The molecule has 0 aliphatic heterocycles. The molecule has 0 aliphatic carbocycles. The van der Waals surface area contributed by atoms with Gasteiger partial charge in [-0.1, -0.05) is 30.0 Å². The van der Waals surface area contributed by atoms with Crippen LogP contribution >= 0.6 is 11.8 Å². The molecule has 0 fully saturated rings. The molecule has 0 saturated carbocycles. The number of amides is 1. The van der Waals surface area contributed by atoms with Gasteiger partial charge >= 0.3 is 6.18 Å². The lowest BCUT2D eigenvalue weighted by atomic mass is 10.2. The van der Waals surface area contributed by atoms with Crippen molar-refractivity contribution in [1.82, 2.24) is 9.55 Å². The summed E-state index contributed by atoms with van der Waals surface area (Å²) in [5, 5.41) is 12.6. The highest BCUT2D eigenvalue weighted by molar-refractivity contribution is 7.99. The number of rotatable bonds is 5. The lowest BCUT2D eigenvalue weighted by Crippen LogP contribution is -2.17. The van der Waals surface area contributed by atoms with Crippen LogP contribution in [0.2, 0.25) is 0 Å². The Morgan fingerprint density at radius 1 is 1.20 bits per heavy atom. The largest absolute Gasteiger partial charge is 0.417 e. The van der Waals surface area contributed by atoms with Gasteiger partial charge in [0.25, 0.3) is 0 Å². The molecule has 1 amide bonds. The van der Waals surface area contributed by atoms with Gasteiger partial charge in [0.1, 0.15) is 11.9 Å². The number of nitrogens with one attached hydrogen (secondary N) is 1. The summed E-state index contributed by atoms with van der Waals surface area (Å²) in [6.07, 6.45) is -3.72. The van der Waals surface area contributed by atoms with Crippen LogP contribution in [0, 0.1) is 25.2 Å². The number of hydrogen-bond acceptors (Lipinski definition) is 4. The molecule has 0 saturated heterocycles. The number of thioether (sulfide) groups is 1. The third-order valence-corrected chi connectivity index (χ3v) is 5.46. The van der Waals surface area contributed by atoms with E-state index in [0.29, 0.717) is 16.4 Å². The number of anilines is 1. The minimum Gasteiger partial charge on any atom is -0.310 e. The van der Waals surface area contributed by atoms with E-state index in [1.165, 1.54) is 6.07 Å². The van der Waals surface area contributed by atoms with Gasteiger partial charge in [-0.05, 0) is 43.7 Å². The zero-order chi connectivity index (χ0) is 21.9. The highest BCUT2D eigenvalue weighted by atomic mass is 32.2. The molecule has 0 unspecified atom stereocenters. The zero-order valence-corrected chi connectivity index (χ0v) is 16.9. The highest BCUT2D eigenvalue weighted by Crippen LogP contribution is 2.31. The molecule has 1 aromatic carbocycles. The Morgan fingerprint density at radius 3 is 2.47 bits per heavy atom. The fraction of sp³-hybridized carbons (Fsp3) is 0.190. The quantitative estimate of drug-likeness (QED) is 0.571. The van der Waals surface area contributed by atoms with E-state index in [1.54, 1.807) is 4.57 Å². The number of halogens is 3. The van der Waals surface area contributed by atoms with Crippen molar-refractivity contribution in [3.05, 3.63) is 71.0 Å². The third-order valence-electron chi connectivity index (χ3n) is 4.51. The van der Waals surface area contributed by atoms with E-state index in [-0.39, 0.29) is 5.75 Å². The van der Waals surface area contributed by atoms with Gasteiger partial charge in [0.15, 0.2) is 0 Å². The van der Waals surface area contributed by atoms with Gasteiger partial charge < -0.3 is 5.32 Å². The second-order valence-electron chi connectivity index (χ2n) is 6.44. The molecule has 30 heavy (non-hydrogen) atoms. The molecule has 3 rings (SSSR count). The standard InChI is InChI=1S/C21H17F3N4OS/c1-13-14(2)28(16-6-4-3-5-7-16)20(17(13)10-25)27-18(29)12-30-19-9-8-15(11-26-19)21(22,23)24/h3-9,11H,12H2,1-2H3,(H,27,29). The smallest absolute Gasteiger partial charge is 0.310 e. The Morgan fingerprint density at radius 2 is 1.90 bits per heavy atom. The van der Waals surface area contributed by atoms with Crippen molar-refractivity contribution in [3.63, 3.8) is 0 Å². The van der Waals surface area contributed by atoms with E-state index in [2.05, 4.69) is 16.4 Å². The normalized spacial score (nSPS) is 11.2. The molecule has 0 atom stereocenters. The van der Waals surface area contributed by atoms with Gasteiger partial charge in [-0.3, -0.25) is 9.36 Å². The average molecular weight is 430 g/mol. The fourth-order valence-electron chi connectivity index (χ4n) is 2.90. The minimum atomic E-state index is -4.46. The van der Waals surface area contributed by atoms with E-state index in [0.717, 1.165) is 41.0 Å². The van der Waals surface area contributed by atoms with Gasteiger partial charge in [-0.2, -0.15) is 18.4 Å². The monoisotopic (exact) mass is 430 g/mol. The molecule has 9 heteroatoms. The van der Waals surface area contributed by atoms with Crippen molar-refractivity contribution >= 4 is 23.5 Å². The zero-order valence-electron chi connectivity index (χ0n) is 16.1. The maximum Gasteiger partial charge on any atom is 0.417 e. The lowest BCUT2D eigenvalue weighted by Gasteiger charge is -2.13. The molecule has 2 heterocycles. The fourth-order valence-corrected chi connectivity index (χ4v) is 3.54. The number of pyridine rings is 1. The van der Waals surface area contributed by atoms with Crippen LogP contribution in [0.15, 0.2) is 53.7 Å². The number of nitriles is 1. The van der Waals surface area contributed by atoms with Crippen molar-refractivity contribution in [2.75, 3.05) is 11.1 Å². The van der Waals surface area contributed by atoms with Crippen molar-refractivity contribution in [2.45, 2.75) is 25.0 Å². The number of alkyl halides is 3. The Labute approximate surface area is 175 Å². The third kappa shape index (κ3) is 4.49. The molecule has 0 bridgehead atoms. The molecule has 0 radical (unpaired) electrons. The molecular weight excluding hydrogens is 413 g/mol. The number of nitrogens with zero attached hydrogens (tertiary/aromatic N) is 3. The van der Waals surface area contributed by atoms with Crippen molar-refractivity contribution < 1.29 is 18.0 Å². The molecule has 2 aromatic heterocycles. The first kappa shape index (κ1) is 21.5. The van der Waals surface area contributed by atoms with Crippen LogP contribution in [0.1, 0.15) is 22.4 Å². The van der Waals surface area contributed by atoms with Crippen LogP contribution in [0.25, 0.3) is 5.69 Å².